The van der Waals surface area contributed by atoms with E-state index in [4.69, 9.17) is 16.0 Å². The summed E-state index contributed by atoms with van der Waals surface area (Å²) in [5, 5.41) is 13.0. The van der Waals surface area contributed by atoms with Crippen molar-refractivity contribution in [2.24, 2.45) is 0 Å². The minimum absolute atomic E-state index is 0.0847. The zero-order chi connectivity index (χ0) is 23.4. The van der Waals surface area contributed by atoms with Crippen LogP contribution in [0.5, 0.6) is 0 Å². The van der Waals surface area contributed by atoms with Crippen LogP contribution in [-0.2, 0) is 4.79 Å². The first-order valence-corrected chi connectivity index (χ1v) is 10.6. The lowest BCUT2D eigenvalue weighted by molar-refractivity contribution is -0.129. The Morgan fingerprint density at radius 2 is 1.55 bits per heavy atom. The van der Waals surface area contributed by atoms with Crippen LogP contribution in [-0.4, -0.2) is 59.0 Å². The molecule has 33 heavy (non-hydrogen) atoms. The molecule has 1 aliphatic heterocycles. The van der Waals surface area contributed by atoms with Crippen molar-refractivity contribution in [3.8, 4) is 0 Å². The molecule has 1 aromatic heterocycles. The van der Waals surface area contributed by atoms with Gasteiger partial charge < -0.3 is 19.5 Å². The molecule has 2 aromatic carbocycles. The molecule has 0 bridgehead atoms. The summed E-state index contributed by atoms with van der Waals surface area (Å²) in [7, 11) is 0. The molecule has 1 fully saturated rings. The maximum Gasteiger partial charge on any atom is 0.322 e. The number of hydrogen-bond donors (Lipinski definition) is 2. The molecule has 2 heterocycles. The summed E-state index contributed by atoms with van der Waals surface area (Å²) in [6.07, 6.45) is 0. The number of rotatable bonds is 5. The second-order valence-electron chi connectivity index (χ2n) is 7.37. The van der Waals surface area contributed by atoms with Crippen molar-refractivity contribution in [2.75, 3.05) is 41.7 Å². The zero-order valence-electron chi connectivity index (χ0n) is 17.7. The van der Waals surface area contributed by atoms with E-state index < -0.39 is 11.8 Å². The summed E-state index contributed by atoms with van der Waals surface area (Å²) in [5.41, 5.74) is 1.91. The Hall–Kier alpha value is -3.92. The van der Waals surface area contributed by atoms with Crippen molar-refractivity contribution >= 4 is 46.7 Å². The molecule has 0 atom stereocenters. The smallest absolute Gasteiger partial charge is 0.322 e. The first kappa shape index (κ1) is 22.3. The highest BCUT2D eigenvalue weighted by Gasteiger charge is 2.20. The maximum atomic E-state index is 12.4. The zero-order valence-corrected chi connectivity index (χ0v) is 18.5. The van der Waals surface area contributed by atoms with Gasteiger partial charge in [-0.1, -0.05) is 16.7 Å². The van der Waals surface area contributed by atoms with Crippen LogP contribution in [0.15, 0.2) is 52.9 Å². The Morgan fingerprint density at radius 1 is 0.879 bits per heavy atom. The van der Waals surface area contributed by atoms with E-state index in [1.165, 1.54) is 0 Å². The van der Waals surface area contributed by atoms with E-state index in [1.54, 1.807) is 43.3 Å². The van der Waals surface area contributed by atoms with Crippen molar-refractivity contribution in [1.82, 2.24) is 15.1 Å². The maximum absolute atomic E-state index is 12.4. The molecule has 170 valence electrons. The number of anilines is 3. The number of amides is 3. The van der Waals surface area contributed by atoms with Crippen molar-refractivity contribution < 1.29 is 18.8 Å². The second-order valence-corrected chi connectivity index (χ2v) is 7.80. The van der Waals surface area contributed by atoms with Crippen LogP contribution < -0.4 is 15.5 Å². The van der Waals surface area contributed by atoms with Gasteiger partial charge >= 0.3 is 17.8 Å². The van der Waals surface area contributed by atoms with E-state index in [9.17, 15) is 14.4 Å². The summed E-state index contributed by atoms with van der Waals surface area (Å²) < 4.78 is 5.25. The number of nitrogens with one attached hydrogen (secondary N) is 2. The average Bonchev–Trinajstić information content (AvgIpc) is 3.29. The van der Waals surface area contributed by atoms with Gasteiger partial charge in [-0.2, -0.15) is 0 Å². The van der Waals surface area contributed by atoms with Crippen LogP contribution in [0.2, 0.25) is 5.02 Å². The fourth-order valence-electron chi connectivity index (χ4n) is 3.36. The van der Waals surface area contributed by atoms with Crippen LogP contribution >= 0.6 is 11.6 Å². The van der Waals surface area contributed by atoms with Gasteiger partial charge in [0.15, 0.2) is 0 Å². The third kappa shape index (κ3) is 5.47. The molecule has 0 spiro atoms. The number of carbonyl (C=O) groups is 3. The van der Waals surface area contributed by atoms with E-state index >= 15 is 0 Å². The Labute approximate surface area is 194 Å². The van der Waals surface area contributed by atoms with Gasteiger partial charge in [0.25, 0.3) is 5.91 Å². The Bertz CT molecular complexity index is 1150. The molecule has 0 unspecified atom stereocenters. The van der Waals surface area contributed by atoms with Gasteiger partial charge in [-0.05, 0) is 48.5 Å². The number of carbonyl (C=O) groups excluding carboxylic acids is 3. The molecule has 1 aliphatic rings. The summed E-state index contributed by atoms with van der Waals surface area (Å²) >= 11 is 5.81. The minimum Gasteiger partial charge on any atom is -0.399 e. The van der Waals surface area contributed by atoms with Crippen molar-refractivity contribution in [3.63, 3.8) is 0 Å². The van der Waals surface area contributed by atoms with E-state index in [1.807, 2.05) is 17.0 Å². The number of hydrogen-bond acceptors (Lipinski definition) is 7. The number of piperazine rings is 1. The molecule has 3 aromatic rings. The quantitative estimate of drug-likeness (QED) is 0.590. The van der Waals surface area contributed by atoms with E-state index in [2.05, 4.69) is 25.7 Å². The van der Waals surface area contributed by atoms with E-state index in [-0.39, 0.29) is 17.8 Å². The second kappa shape index (κ2) is 9.70. The third-order valence-corrected chi connectivity index (χ3v) is 5.41. The van der Waals surface area contributed by atoms with Crippen LogP contribution in [0.1, 0.15) is 28.0 Å². The highest BCUT2D eigenvalue weighted by Crippen LogP contribution is 2.20. The van der Waals surface area contributed by atoms with Gasteiger partial charge in [0.2, 0.25) is 5.91 Å². The van der Waals surface area contributed by atoms with Crippen LogP contribution in [0, 0.1) is 0 Å². The summed E-state index contributed by atoms with van der Waals surface area (Å²) in [6.45, 7) is 4.44. The Morgan fingerprint density at radius 3 is 2.18 bits per heavy atom. The van der Waals surface area contributed by atoms with Gasteiger partial charge in [0.05, 0.1) is 0 Å². The van der Waals surface area contributed by atoms with Gasteiger partial charge in [0, 0.05) is 55.1 Å². The lowest BCUT2D eigenvalue weighted by Crippen LogP contribution is -2.48. The first-order valence-electron chi connectivity index (χ1n) is 10.2. The van der Waals surface area contributed by atoms with Crippen molar-refractivity contribution in [1.29, 1.82) is 0 Å². The van der Waals surface area contributed by atoms with Crippen molar-refractivity contribution in [3.05, 3.63) is 65.0 Å². The van der Waals surface area contributed by atoms with Crippen molar-refractivity contribution in [2.45, 2.75) is 6.92 Å². The number of nitrogens with zero attached hydrogens (tertiary/aromatic N) is 4. The molecule has 0 aliphatic carbocycles. The summed E-state index contributed by atoms with van der Waals surface area (Å²) in [4.78, 5) is 40.1. The van der Waals surface area contributed by atoms with Gasteiger partial charge in [-0.3, -0.25) is 19.7 Å². The Balaban J connectivity index is 1.32. The first-order chi connectivity index (χ1) is 15.9. The molecule has 4 rings (SSSR count). The van der Waals surface area contributed by atoms with Crippen LogP contribution in [0.4, 0.5) is 17.4 Å². The number of halogens is 1. The molecule has 10 nitrogen and oxygen atoms in total. The minimum atomic E-state index is -0.600. The molecule has 3 amide bonds. The third-order valence-electron chi connectivity index (χ3n) is 5.16. The standard InChI is InChI=1S/C22H21ClN6O4/c1-14(30)28-10-12-29(13-11-28)18-8-6-17(7-9-18)24-20(32)21-26-27-22(33-21)25-19(31)15-2-4-16(23)5-3-15/h2-9H,10-13H2,1H3,(H,24,32)(H,25,27,31). The lowest BCUT2D eigenvalue weighted by atomic mass is 10.2. The predicted molar refractivity (Wildman–Crippen MR) is 123 cm³/mol. The van der Waals surface area contributed by atoms with Crippen LogP contribution in [0.3, 0.4) is 0 Å². The SMILES string of the molecule is CC(=O)N1CCN(c2ccc(NC(=O)c3nnc(NC(=O)c4ccc(Cl)cc4)o3)cc2)CC1. The van der Waals surface area contributed by atoms with Gasteiger partial charge in [-0.15, -0.1) is 5.10 Å². The molecular weight excluding hydrogens is 448 g/mol. The van der Waals surface area contributed by atoms with Crippen LogP contribution in [0.25, 0.3) is 0 Å². The molecule has 2 N–H and O–H groups in total. The van der Waals surface area contributed by atoms with E-state index in [0.717, 1.165) is 18.8 Å². The highest BCUT2D eigenvalue weighted by atomic mass is 35.5. The fourth-order valence-corrected chi connectivity index (χ4v) is 3.48. The van der Waals surface area contributed by atoms with Gasteiger partial charge in [-0.25, -0.2) is 0 Å². The predicted octanol–water partition coefficient (Wildman–Crippen LogP) is 2.90. The normalized spacial score (nSPS) is 13.5. The molecule has 0 radical (unpaired) electrons. The highest BCUT2D eigenvalue weighted by molar-refractivity contribution is 6.30. The largest absolute Gasteiger partial charge is 0.399 e. The summed E-state index contributed by atoms with van der Waals surface area (Å²) in [5.74, 6) is -1.27. The number of benzene rings is 2. The molecule has 11 heteroatoms. The molecule has 0 saturated carbocycles. The average molecular weight is 469 g/mol. The monoisotopic (exact) mass is 468 g/mol. The molecule has 1 saturated heterocycles. The number of aromatic nitrogens is 2. The Kier molecular flexibility index (Phi) is 6.55. The van der Waals surface area contributed by atoms with E-state index in [0.29, 0.717) is 29.4 Å². The molecular formula is C22H21ClN6O4. The topological polar surface area (TPSA) is 121 Å². The van der Waals surface area contributed by atoms with Gasteiger partial charge in [0.1, 0.15) is 0 Å². The lowest BCUT2D eigenvalue weighted by Gasteiger charge is -2.35. The fraction of sp³-hybridized carbons (Fsp3) is 0.227. The summed E-state index contributed by atoms with van der Waals surface area (Å²) in [6, 6.07) is 13.4.